The van der Waals surface area contributed by atoms with Crippen molar-refractivity contribution in [3.63, 3.8) is 0 Å². The second-order valence-electron chi connectivity index (χ2n) is 6.78. The number of anilines is 1. The molecular weight excluding hydrogens is 476 g/mol. The van der Waals surface area contributed by atoms with Crippen LogP contribution in [0, 0.1) is 0 Å². The van der Waals surface area contributed by atoms with Gasteiger partial charge in [-0.3, -0.25) is 0 Å². The van der Waals surface area contributed by atoms with E-state index in [2.05, 4.69) is 4.74 Å². The first kappa shape index (κ1) is 24.5. The van der Waals surface area contributed by atoms with Crippen LogP contribution in [0.25, 0.3) is 0 Å². The molecule has 1 atom stereocenters. The highest BCUT2D eigenvalue weighted by atomic mass is 32.2. The van der Waals surface area contributed by atoms with Gasteiger partial charge in [0, 0.05) is 11.9 Å². The van der Waals surface area contributed by atoms with Crippen LogP contribution < -0.4 is 14.4 Å². The number of rotatable bonds is 6. The number of alkyl halides is 6. The van der Waals surface area contributed by atoms with Gasteiger partial charge in [-0.25, -0.2) is 8.42 Å². The quantitative estimate of drug-likeness (QED) is 0.490. The Bertz CT molecular complexity index is 1150. The monoisotopic (exact) mass is 493 g/mol. The third-order valence-corrected chi connectivity index (χ3v) is 6.22. The van der Waals surface area contributed by atoms with Gasteiger partial charge in [0.2, 0.25) is 0 Å². The lowest BCUT2D eigenvalue weighted by Gasteiger charge is -2.32. The van der Waals surface area contributed by atoms with Crippen LogP contribution in [0.1, 0.15) is 6.92 Å². The van der Waals surface area contributed by atoms with Crippen LogP contribution in [0.3, 0.4) is 0 Å². The van der Waals surface area contributed by atoms with E-state index in [0.29, 0.717) is 0 Å². The Morgan fingerprint density at radius 3 is 2.18 bits per heavy atom. The largest absolute Gasteiger partial charge is 0.573 e. The molecule has 178 valence electrons. The summed E-state index contributed by atoms with van der Waals surface area (Å²) in [5.74, 6) is -0.653. The summed E-state index contributed by atoms with van der Waals surface area (Å²) in [7, 11) is -3.63. The third-order valence-electron chi connectivity index (χ3n) is 4.49. The lowest BCUT2D eigenvalue weighted by molar-refractivity contribution is -0.274. The minimum absolute atomic E-state index is 0.0466. The van der Waals surface area contributed by atoms with Crippen molar-refractivity contribution < 1.29 is 44.2 Å². The zero-order valence-electron chi connectivity index (χ0n) is 16.9. The van der Waals surface area contributed by atoms with Crippen LogP contribution in [-0.4, -0.2) is 32.9 Å². The zero-order chi connectivity index (χ0) is 24.4. The Morgan fingerprint density at radius 2 is 1.61 bits per heavy atom. The van der Waals surface area contributed by atoms with Gasteiger partial charge in [-0.15, -0.1) is 13.2 Å². The van der Waals surface area contributed by atoms with Gasteiger partial charge in [-0.05, 0) is 54.6 Å². The summed E-state index contributed by atoms with van der Waals surface area (Å²) >= 11 is 0. The number of benzene rings is 2. The average molecular weight is 493 g/mol. The molecule has 1 heterocycles. The highest BCUT2D eigenvalue weighted by Gasteiger charge is 2.36. The first-order valence-electron chi connectivity index (χ1n) is 9.39. The zero-order valence-corrected chi connectivity index (χ0v) is 17.7. The Hall–Kier alpha value is -3.15. The Balaban J connectivity index is 1.93. The summed E-state index contributed by atoms with van der Waals surface area (Å²) < 4.78 is 111. The van der Waals surface area contributed by atoms with Crippen molar-refractivity contribution in [3.8, 4) is 11.5 Å². The van der Waals surface area contributed by atoms with E-state index in [1.54, 1.807) is 0 Å². The summed E-state index contributed by atoms with van der Waals surface area (Å²) in [4.78, 5) is 1.00. The minimum Gasteiger partial charge on any atom is -0.467 e. The van der Waals surface area contributed by atoms with Gasteiger partial charge >= 0.3 is 12.5 Å². The molecule has 1 unspecified atom stereocenters. The number of hydrogen-bond donors (Lipinski definition) is 0. The van der Waals surface area contributed by atoms with E-state index in [4.69, 9.17) is 4.74 Å². The van der Waals surface area contributed by atoms with Gasteiger partial charge in [0.25, 0.3) is 0 Å². The standard InChI is InChI=1S/C21H17F6NO4S/c1-2-33(29,30)18-5-3-4-15(12-18)28-13-14(20(22,23)24)6-11-19(28)31-16-7-9-17(10-8-16)32-21(25,26)27/h3-13,19H,2H2,1H3. The van der Waals surface area contributed by atoms with Gasteiger partial charge in [0.15, 0.2) is 16.1 Å². The van der Waals surface area contributed by atoms with Gasteiger partial charge in [0.05, 0.1) is 16.2 Å². The summed E-state index contributed by atoms with van der Waals surface area (Å²) in [6, 6.07) is 9.65. The Kier molecular flexibility index (Phi) is 6.68. The van der Waals surface area contributed by atoms with Crippen molar-refractivity contribution >= 4 is 15.5 Å². The van der Waals surface area contributed by atoms with Crippen molar-refractivity contribution in [2.24, 2.45) is 0 Å². The van der Waals surface area contributed by atoms with Crippen LogP contribution in [0.15, 0.2) is 77.4 Å². The second-order valence-corrected chi connectivity index (χ2v) is 9.06. The van der Waals surface area contributed by atoms with Crippen LogP contribution in [0.2, 0.25) is 0 Å². The average Bonchev–Trinajstić information content (AvgIpc) is 2.73. The normalized spacial score (nSPS) is 17.0. The molecule has 12 heteroatoms. The number of hydrogen-bond acceptors (Lipinski definition) is 5. The third kappa shape index (κ3) is 6.21. The number of allylic oxidation sites excluding steroid dienone is 2. The molecule has 0 saturated carbocycles. The topological polar surface area (TPSA) is 55.8 Å². The van der Waals surface area contributed by atoms with Gasteiger partial charge in [-0.2, -0.15) is 13.2 Å². The number of sulfone groups is 1. The second kappa shape index (κ2) is 9.00. The number of ether oxygens (including phenoxy) is 2. The molecule has 2 aromatic rings. The van der Waals surface area contributed by atoms with E-state index >= 15 is 0 Å². The molecule has 0 saturated heterocycles. The summed E-state index contributed by atoms with van der Waals surface area (Å²) in [6.07, 6.45) is -8.04. The van der Waals surface area contributed by atoms with E-state index in [0.717, 1.165) is 47.5 Å². The SMILES string of the molecule is CCS(=O)(=O)c1cccc(N2C=C(C(F)(F)F)C=CC2Oc2ccc(OC(F)(F)F)cc2)c1. The summed E-state index contributed by atoms with van der Waals surface area (Å²) in [6.45, 7) is 1.44. The maximum Gasteiger partial charge on any atom is 0.573 e. The van der Waals surface area contributed by atoms with Gasteiger partial charge in [0.1, 0.15) is 11.5 Å². The van der Waals surface area contributed by atoms with Crippen molar-refractivity contribution in [2.75, 3.05) is 10.7 Å². The molecule has 0 fully saturated rings. The molecular formula is C21H17F6NO4S. The predicted octanol–water partition coefficient (Wildman–Crippen LogP) is 5.61. The van der Waals surface area contributed by atoms with E-state index in [1.807, 2.05) is 0 Å². The van der Waals surface area contributed by atoms with Crippen molar-refractivity contribution in [3.05, 3.63) is 72.5 Å². The maximum absolute atomic E-state index is 13.3. The fourth-order valence-corrected chi connectivity index (χ4v) is 3.81. The minimum atomic E-state index is -4.88. The van der Waals surface area contributed by atoms with Crippen LogP contribution in [0.4, 0.5) is 32.0 Å². The van der Waals surface area contributed by atoms with Crippen molar-refractivity contribution in [1.82, 2.24) is 0 Å². The highest BCUT2D eigenvalue weighted by molar-refractivity contribution is 7.91. The Labute approximate surface area is 185 Å². The predicted molar refractivity (Wildman–Crippen MR) is 107 cm³/mol. The molecule has 0 N–H and O–H groups in total. The molecule has 0 radical (unpaired) electrons. The van der Waals surface area contributed by atoms with Crippen molar-refractivity contribution in [2.45, 2.75) is 30.6 Å². The fraction of sp³-hybridized carbons (Fsp3) is 0.238. The Morgan fingerprint density at radius 1 is 0.970 bits per heavy atom. The van der Waals surface area contributed by atoms with Crippen LogP contribution >= 0.6 is 0 Å². The molecule has 0 aliphatic carbocycles. The molecule has 3 rings (SSSR count). The van der Waals surface area contributed by atoms with Gasteiger partial charge < -0.3 is 14.4 Å². The molecule has 5 nitrogen and oxygen atoms in total. The first-order chi connectivity index (χ1) is 15.3. The first-order valence-corrected chi connectivity index (χ1v) is 11.0. The lowest BCUT2D eigenvalue weighted by Crippen LogP contribution is -2.37. The lowest BCUT2D eigenvalue weighted by atomic mass is 10.1. The molecule has 33 heavy (non-hydrogen) atoms. The van der Waals surface area contributed by atoms with Crippen LogP contribution in [0.5, 0.6) is 11.5 Å². The smallest absolute Gasteiger partial charge is 0.467 e. The number of nitrogens with zero attached hydrogens (tertiary/aromatic N) is 1. The van der Waals surface area contributed by atoms with E-state index in [1.165, 1.54) is 31.2 Å². The molecule has 0 spiro atoms. The molecule has 0 aromatic heterocycles. The molecule has 1 aliphatic rings. The molecule has 0 amide bonds. The van der Waals surface area contributed by atoms with E-state index < -0.39 is 39.9 Å². The van der Waals surface area contributed by atoms with E-state index in [9.17, 15) is 34.8 Å². The maximum atomic E-state index is 13.3. The summed E-state index contributed by atoms with van der Waals surface area (Å²) in [5, 5.41) is 0. The fourth-order valence-electron chi connectivity index (χ4n) is 2.89. The molecule has 1 aliphatic heterocycles. The van der Waals surface area contributed by atoms with Crippen LogP contribution in [-0.2, 0) is 9.84 Å². The van der Waals surface area contributed by atoms with Gasteiger partial charge in [-0.1, -0.05) is 13.0 Å². The highest BCUT2D eigenvalue weighted by Crippen LogP contribution is 2.34. The molecule has 0 bridgehead atoms. The van der Waals surface area contributed by atoms with E-state index in [-0.39, 0.29) is 22.1 Å². The summed E-state index contributed by atoms with van der Waals surface area (Å²) in [5.41, 5.74) is -0.891. The molecule has 2 aromatic carbocycles. The van der Waals surface area contributed by atoms with Crippen molar-refractivity contribution in [1.29, 1.82) is 0 Å². The number of halogens is 6.